The van der Waals surface area contributed by atoms with Crippen LogP contribution in [0.1, 0.15) is 27.2 Å². The lowest BCUT2D eigenvalue weighted by atomic mass is 10.0. The fraction of sp³-hybridized carbons (Fsp3) is 0.909. The highest BCUT2D eigenvalue weighted by molar-refractivity contribution is 5.77. The van der Waals surface area contributed by atoms with Crippen molar-refractivity contribution in [3.8, 4) is 0 Å². The zero-order valence-corrected chi connectivity index (χ0v) is 10.0. The zero-order valence-electron chi connectivity index (χ0n) is 10.0. The molecule has 1 aliphatic rings. The fourth-order valence-electron chi connectivity index (χ4n) is 1.64. The maximum Gasteiger partial charge on any atom is 0.248 e. The second kappa shape index (κ2) is 5.47. The molecular weight excluding hydrogens is 192 g/mol. The molecule has 1 fully saturated rings. The number of nitrogens with zero attached hydrogens (tertiary/aromatic N) is 1. The Balaban J connectivity index is 2.27. The second-order valence-electron chi connectivity index (χ2n) is 4.32. The molecule has 0 unspecified atom stereocenters. The van der Waals surface area contributed by atoms with Crippen LogP contribution >= 0.6 is 0 Å². The van der Waals surface area contributed by atoms with Crippen LogP contribution in [0.15, 0.2) is 0 Å². The molecular formula is C11H22N2O2. The van der Waals surface area contributed by atoms with Crippen LogP contribution in [0.5, 0.6) is 0 Å². The van der Waals surface area contributed by atoms with E-state index in [-0.39, 0.29) is 18.1 Å². The highest BCUT2D eigenvalue weighted by atomic mass is 16.5. The van der Waals surface area contributed by atoms with Gasteiger partial charge in [-0.1, -0.05) is 6.92 Å². The van der Waals surface area contributed by atoms with E-state index in [2.05, 4.69) is 12.2 Å². The number of ether oxygens (including phenoxy) is 1. The Hall–Kier alpha value is -0.610. The van der Waals surface area contributed by atoms with Gasteiger partial charge in [0.1, 0.15) is 6.61 Å². The van der Waals surface area contributed by atoms with Crippen molar-refractivity contribution in [1.82, 2.24) is 10.2 Å². The van der Waals surface area contributed by atoms with E-state index in [1.165, 1.54) is 0 Å². The van der Waals surface area contributed by atoms with Gasteiger partial charge in [0.15, 0.2) is 0 Å². The van der Waals surface area contributed by atoms with Crippen LogP contribution in [0, 0.1) is 0 Å². The lowest BCUT2D eigenvalue weighted by Gasteiger charge is -2.39. The first-order valence-electron chi connectivity index (χ1n) is 5.73. The van der Waals surface area contributed by atoms with Gasteiger partial charge in [-0.25, -0.2) is 0 Å². The summed E-state index contributed by atoms with van der Waals surface area (Å²) in [7, 11) is 0. The number of likely N-dealkylation sites (N-methyl/N-ethyl adjacent to an activating group) is 1. The molecule has 0 aromatic rings. The minimum absolute atomic E-state index is 0.104. The van der Waals surface area contributed by atoms with Crippen molar-refractivity contribution in [3.63, 3.8) is 0 Å². The molecule has 0 spiro atoms. The Morgan fingerprint density at radius 1 is 1.47 bits per heavy atom. The van der Waals surface area contributed by atoms with E-state index in [4.69, 9.17) is 4.74 Å². The number of rotatable bonds is 6. The smallest absolute Gasteiger partial charge is 0.248 e. The number of carbonyl (C=O) groups excluding carboxylic acids is 1. The monoisotopic (exact) mass is 214 g/mol. The van der Waals surface area contributed by atoms with Crippen LogP contribution in [0.4, 0.5) is 0 Å². The van der Waals surface area contributed by atoms with E-state index in [1.54, 1.807) is 0 Å². The molecule has 1 N–H and O–H groups in total. The summed E-state index contributed by atoms with van der Waals surface area (Å²) in [4.78, 5) is 13.6. The third-order valence-corrected chi connectivity index (χ3v) is 2.77. The van der Waals surface area contributed by atoms with Gasteiger partial charge in [0, 0.05) is 26.2 Å². The predicted molar refractivity (Wildman–Crippen MR) is 59.8 cm³/mol. The number of hydrogen-bond acceptors (Lipinski definition) is 3. The van der Waals surface area contributed by atoms with Crippen LogP contribution in [-0.2, 0) is 9.53 Å². The molecule has 0 aromatic heterocycles. The third kappa shape index (κ3) is 3.47. The summed E-state index contributed by atoms with van der Waals surface area (Å²) < 4.78 is 5.60. The quantitative estimate of drug-likeness (QED) is 0.705. The highest BCUT2D eigenvalue weighted by Gasteiger charge is 2.33. The topological polar surface area (TPSA) is 41.6 Å². The molecule has 88 valence electrons. The first kappa shape index (κ1) is 12.5. The van der Waals surface area contributed by atoms with Crippen molar-refractivity contribution in [3.05, 3.63) is 0 Å². The first-order chi connectivity index (χ1) is 7.11. The van der Waals surface area contributed by atoms with Gasteiger partial charge >= 0.3 is 0 Å². The zero-order chi connectivity index (χ0) is 11.3. The van der Waals surface area contributed by atoms with E-state index in [1.807, 2.05) is 18.7 Å². The van der Waals surface area contributed by atoms with Crippen LogP contribution in [0.25, 0.3) is 0 Å². The van der Waals surface area contributed by atoms with E-state index < -0.39 is 0 Å². The Kier molecular flexibility index (Phi) is 4.54. The maximum absolute atomic E-state index is 11.7. The molecule has 1 heterocycles. The van der Waals surface area contributed by atoms with Crippen molar-refractivity contribution in [1.29, 1.82) is 0 Å². The molecule has 0 saturated carbocycles. The fourth-order valence-corrected chi connectivity index (χ4v) is 1.64. The number of nitrogens with one attached hydrogen (secondary N) is 1. The van der Waals surface area contributed by atoms with Gasteiger partial charge in [-0.3, -0.25) is 4.79 Å². The van der Waals surface area contributed by atoms with Crippen LogP contribution in [0.2, 0.25) is 0 Å². The molecule has 1 aliphatic heterocycles. The van der Waals surface area contributed by atoms with E-state index in [9.17, 15) is 4.79 Å². The second-order valence-corrected chi connectivity index (χ2v) is 4.32. The van der Waals surface area contributed by atoms with Gasteiger partial charge in [0.05, 0.1) is 5.60 Å². The summed E-state index contributed by atoms with van der Waals surface area (Å²) in [6, 6.07) is 0. The van der Waals surface area contributed by atoms with Crippen LogP contribution in [-0.4, -0.2) is 49.2 Å². The summed E-state index contributed by atoms with van der Waals surface area (Å²) in [5.41, 5.74) is -0.124. The standard InChI is InChI=1S/C11H22N2O2/c1-4-6-13(5-2)10(14)7-15-11(3)8-12-9-11/h12H,4-9H2,1-3H3. The van der Waals surface area contributed by atoms with Crippen molar-refractivity contribution in [2.24, 2.45) is 0 Å². The summed E-state index contributed by atoms with van der Waals surface area (Å²) >= 11 is 0. The highest BCUT2D eigenvalue weighted by Crippen LogP contribution is 2.15. The molecule has 0 atom stereocenters. The van der Waals surface area contributed by atoms with Crippen LogP contribution in [0.3, 0.4) is 0 Å². The van der Waals surface area contributed by atoms with Gasteiger partial charge in [-0.15, -0.1) is 0 Å². The number of amides is 1. The third-order valence-electron chi connectivity index (χ3n) is 2.77. The molecule has 1 saturated heterocycles. The molecule has 4 nitrogen and oxygen atoms in total. The van der Waals surface area contributed by atoms with Gasteiger partial charge in [0.2, 0.25) is 5.91 Å². The summed E-state index contributed by atoms with van der Waals surface area (Å²) in [6.07, 6.45) is 0.998. The van der Waals surface area contributed by atoms with Gasteiger partial charge in [-0.2, -0.15) is 0 Å². The summed E-state index contributed by atoms with van der Waals surface area (Å²) in [5, 5.41) is 3.14. The average molecular weight is 214 g/mol. The molecule has 1 rings (SSSR count). The Bertz CT molecular complexity index is 215. The molecule has 0 aliphatic carbocycles. The SMILES string of the molecule is CCCN(CC)C(=O)COC1(C)CNC1. The predicted octanol–water partition coefficient (Wildman–Crippen LogP) is 0.623. The van der Waals surface area contributed by atoms with Gasteiger partial charge < -0.3 is 15.0 Å². The lowest BCUT2D eigenvalue weighted by molar-refractivity contribution is -0.145. The number of hydrogen-bond donors (Lipinski definition) is 1. The largest absolute Gasteiger partial charge is 0.363 e. The molecule has 0 aromatic carbocycles. The normalized spacial score (nSPS) is 18.3. The van der Waals surface area contributed by atoms with Crippen LogP contribution < -0.4 is 5.32 Å². The van der Waals surface area contributed by atoms with Crippen molar-refractivity contribution in [2.75, 3.05) is 32.8 Å². The summed E-state index contributed by atoms with van der Waals surface area (Å²) in [5.74, 6) is 0.104. The molecule has 0 radical (unpaired) electrons. The minimum atomic E-state index is -0.124. The molecule has 1 amide bonds. The summed E-state index contributed by atoms with van der Waals surface area (Å²) in [6.45, 7) is 9.62. The Labute approximate surface area is 92.0 Å². The number of carbonyl (C=O) groups is 1. The van der Waals surface area contributed by atoms with E-state index in [0.29, 0.717) is 0 Å². The Morgan fingerprint density at radius 2 is 2.13 bits per heavy atom. The molecule has 15 heavy (non-hydrogen) atoms. The Morgan fingerprint density at radius 3 is 2.53 bits per heavy atom. The van der Waals surface area contributed by atoms with E-state index in [0.717, 1.165) is 32.6 Å². The average Bonchev–Trinajstić information content (AvgIpc) is 2.19. The molecule has 0 bridgehead atoms. The van der Waals surface area contributed by atoms with Gasteiger partial charge in [-0.05, 0) is 20.3 Å². The van der Waals surface area contributed by atoms with Crippen molar-refractivity contribution >= 4 is 5.91 Å². The first-order valence-corrected chi connectivity index (χ1v) is 5.73. The minimum Gasteiger partial charge on any atom is -0.363 e. The lowest BCUT2D eigenvalue weighted by Crippen LogP contribution is -2.59. The van der Waals surface area contributed by atoms with Crippen molar-refractivity contribution < 1.29 is 9.53 Å². The maximum atomic E-state index is 11.7. The molecule has 4 heteroatoms. The van der Waals surface area contributed by atoms with Gasteiger partial charge in [0.25, 0.3) is 0 Å². The van der Waals surface area contributed by atoms with E-state index >= 15 is 0 Å². The van der Waals surface area contributed by atoms with Crippen molar-refractivity contribution in [2.45, 2.75) is 32.8 Å².